The van der Waals surface area contributed by atoms with Crippen LogP contribution in [0.2, 0.25) is 0 Å². The Morgan fingerprint density at radius 3 is 2.14 bits per heavy atom. The minimum atomic E-state index is 0.281. The van der Waals surface area contributed by atoms with Crippen molar-refractivity contribution in [3.8, 4) is 0 Å². The summed E-state index contributed by atoms with van der Waals surface area (Å²) in [6.07, 6.45) is 8.50. The van der Waals surface area contributed by atoms with Gasteiger partial charge in [0, 0.05) is 19.6 Å². The molecule has 1 aliphatic heterocycles. The Morgan fingerprint density at radius 1 is 1.00 bits per heavy atom. The van der Waals surface area contributed by atoms with Crippen LogP contribution in [0.1, 0.15) is 49.7 Å². The highest BCUT2D eigenvalue weighted by Crippen LogP contribution is 2.46. The molecule has 1 saturated carbocycles. The summed E-state index contributed by atoms with van der Waals surface area (Å²) in [6.45, 7) is 2.47. The van der Waals surface area contributed by atoms with Crippen LogP contribution in [0.15, 0.2) is 24.3 Å². The van der Waals surface area contributed by atoms with Crippen LogP contribution >= 0.6 is 0 Å². The van der Waals surface area contributed by atoms with E-state index in [1.165, 1.54) is 38.5 Å². The lowest BCUT2D eigenvalue weighted by Gasteiger charge is -2.39. The highest BCUT2D eigenvalue weighted by Gasteiger charge is 2.37. The first-order valence-electron chi connectivity index (χ1n) is 8.26. The fraction of sp³-hybridized carbons (Fsp3) is 0.611. The lowest BCUT2D eigenvalue weighted by Crippen LogP contribution is -2.42. The van der Waals surface area contributed by atoms with Crippen molar-refractivity contribution < 1.29 is 4.79 Å². The van der Waals surface area contributed by atoms with Crippen molar-refractivity contribution >= 4 is 5.91 Å². The highest BCUT2D eigenvalue weighted by atomic mass is 16.2. The van der Waals surface area contributed by atoms with Gasteiger partial charge in [-0.05, 0) is 42.2 Å². The maximum atomic E-state index is 12.4. The average Bonchev–Trinajstić information content (AvgIpc) is 2.97. The molecular weight excluding hydrogens is 260 g/mol. The van der Waals surface area contributed by atoms with Gasteiger partial charge in [0.05, 0.1) is 6.42 Å². The summed E-state index contributed by atoms with van der Waals surface area (Å²) in [5.74, 6) is 0.281. The van der Waals surface area contributed by atoms with Gasteiger partial charge in [-0.25, -0.2) is 0 Å². The van der Waals surface area contributed by atoms with Gasteiger partial charge in [-0.1, -0.05) is 37.1 Å². The van der Waals surface area contributed by atoms with Crippen LogP contribution in [0.25, 0.3) is 0 Å². The fourth-order valence-electron chi connectivity index (χ4n) is 3.94. The minimum Gasteiger partial charge on any atom is -0.342 e. The van der Waals surface area contributed by atoms with Crippen molar-refractivity contribution in [3.05, 3.63) is 35.4 Å². The second-order valence-corrected chi connectivity index (χ2v) is 6.79. The molecule has 1 aromatic rings. The number of hydrogen-bond donors (Lipinski definition) is 1. The zero-order valence-corrected chi connectivity index (χ0v) is 12.8. The van der Waals surface area contributed by atoms with Gasteiger partial charge < -0.3 is 10.6 Å². The summed E-state index contributed by atoms with van der Waals surface area (Å²) in [6, 6.07) is 8.10. The molecular formula is C18H26N2O. The molecule has 21 heavy (non-hydrogen) atoms. The molecule has 0 bridgehead atoms. The maximum Gasteiger partial charge on any atom is 0.226 e. The third-order valence-corrected chi connectivity index (χ3v) is 5.46. The molecule has 1 spiro atoms. The van der Waals surface area contributed by atoms with Crippen molar-refractivity contribution in [1.82, 2.24) is 4.90 Å². The Morgan fingerprint density at radius 2 is 1.57 bits per heavy atom. The van der Waals surface area contributed by atoms with Gasteiger partial charge >= 0.3 is 0 Å². The van der Waals surface area contributed by atoms with E-state index in [0.29, 0.717) is 18.4 Å². The van der Waals surface area contributed by atoms with Crippen LogP contribution in [0.4, 0.5) is 0 Å². The number of carbonyl (C=O) groups excluding carboxylic acids is 1. The maximum absolute atomic E-state index is 12.4. The van der Waals surface area contributed by atoms with Gasteiger partial charge in [-0.2, -0.15) is 0 Å². The summed E-state index contributed by atoms with van der Waals surface area (Å²) in [4.78, 5) is 14.5. The van der Waals surface area contributed by atoms with E-state index in [0.717, 1.165) is 24.2 Å². The third-order valence-electron chi connectivity index (χ3n) is 5.46. The lowest BCUT2D eigenvalue weighted by molar-refractivity contribution is -0.132. The van der Waals surface area contributed by atoms with Crippen LogP contribution in [0.5, 0.6) is 0 Å². The Bertz CT molecular complexity index is 478. The largest absolute Gasteiger partial charge is 0.342 e. The van der Waals surface area contributed by atoms with Gasteiger partial charge in [0.15, 0.2) is 0 Å². The number of carbonyl (C=O) groups is 1. The van der Waals surface area contributed by atoms with Crippen LogP contribution < -0.4 is 5.73 Å². The summed E-state index contributed by atoms with van der Waals surface area (Å²) in [5.41, 5.74) is 8.40. The molecule has 1 heterocycles. The SMILES string of the molecule is NCc1ccc(CC(=O)N2CCC3(CCCC3)CC2)cc1. The number of piperidine rings is 1. The predicted molar refractivity (Wildman–Crippen MR) is 84.8 cm³/mol. The number of amides is 1. The van der Waals surface area contributed by atoms with E-state index < -0.39 is 0 Å². The predicted octanol–water partition coefficient (Wildman–Crippen LogP) is 2.87. The first-order chi connectivity index (χ1) is 10.2. The quantitative estimate of drug-likeness (QED) is 0.928. The van der Waals surface area contributed by atoms with E-state index in [1.54, 1.807) is 0 Å². The summed E-state index contributed by atoms with van der Waals surface area (Å²) in [5, 5.41) is 0. The zero-order valence-electron chi connectivity index (χ0n) is 12.8. The van der Waals surface area contributed by atoms with E-state index in [9.17, 15) is 4.79 Å². The lowest BCUT2D eigenvalue weighted by atomic mass is 9.77. The number of hydrogen-bond acceptors (Lipinski definition) is 2. The topological polar surface area (TPSA) is 46.3 Å². The third kappa shape index (κ3) is 3.29. The van der Waals surface area contributed by atoms with Gasteiger partial charge in [-0.15, -0.1) is 0 Å². The fourth-order valence-corrected chi connectivity index (χ4v) is 3.94. The summed E-state index contributed by atoms with van der Waals surface area (Å²) < 4.78 is 0. The van der Waals surface area contributed by atoms with Gasteiger partial charge in [0.2, 0.25) is 5.91 Å². The molecule has 1 amide bonds. The molecule has 0 aromatic heterocycles. The van der Waals surface area contributed by atoms with Crippen molar-refractivity contribution in [1.29, 1.82) is 0 Å². The van der Waals surface area contributed by atoms with Crippen molar-refractivity contribution in [2.75, 3.05) is 13.1 Å². The number of likely N-dealkylation sites (tertiary alicyclic amines) is 1. The van der Waals surface area contributed by atoms with Crippen molar-refractivity contribution in [2.45, 2.75) is 51.5 Å². The monoisotopic (exact) mass is 286 g/mol. The zero-order chi connectivity index (χ0) is 14.7. The van der Waals surface area contributed by atoms with E-state index in [1.807, 2.05) is 24.3 Å². The first kappa shape index (κ1) is 14.6. The highest BCUT2D eigenvalue weighted by molar-refractivity contribution is 5.78. The molecule has 2 N–H and O–H groups in total. The number of benzene rings is 1. The van der Waals surface area contributed by atoms with Crippen LogP contribution in [-0.2, 0) is 17.8 Å². The molecule has 0 radical (unpaired) electrons. The molecule has 1 aliphatic carbocycles. The minimum absolute atomic E-state index is 0.281. The molecule has 114 valence electrons. The molecule has 1 aromatic carbocycles. The molecule has 3 rings (SSSR count). The molecule has 0 unspecified atom stereocenters. The molecule has 2 aliphatic rings. The normalized spacial score (nSPS) is 20.9. The van der Waals surface area contributed by atoms with Crippen molar-refractivity contribution in [2.24, 2.45) is 11.1 Å². The van der Waals surface area contributed by atoms with E-state index in [4.69, 9.17) is 5.73 Å². The molecule has 2 fully saturated rings. The molecule has 0 atom stereocenters. The molecule has 1 saturated heterocycles. The van der Waals surface area contributed by atoms with Crippen LogP contribution in [0, 0.1) is 5.41 Å². The van der Waals surface area contributed by atoms with E-state index >= 15 is 0 Å². The van der Waals surface area contributed by atoms with Gasteiger partial charge in [0.1, 0.15) is 0 Å². The molecule has 3 heteroatoms. The number of nitrogens with zero attached hydrogens (tertiary/aromatic N) is 1. The second kappa shape index (κ2) is 6.18. The standard InChI is InChI=1S/C18H26N2O/c19-14-16-5-3-15(4-6-16)13-17(21)20-11-9-18(10-12-20)7-1-2-8-18/h3-6H,1-2,7-14,19H2. The average molecular weight is 286 g/mol. The van der Waals surface area contributed by atoms with Gasteiger partial charge in [-0.3, -0.25) is 4.79 Å². The summed E-state index contributed by atoms with van der Waals surface area (Å²) >= 11 is 0. The van der Waals surface area contributed by atoms with Crippen LogP contribution in [-0.4, -0.2) is 23.9 Å². The second-order valence-electron chi connectivity index (χ2n) is 6.79. The first-order valence-corrected chi connectivity index (χ1v) is 8.26. The van der Waals surface area contributed by atoms with E-state index in [-0.39, 0.29) is 5.91 Å². The van der Waals surface area contributed by atoms with Gasteiger partial charge in [0.25, 0.3) is 0 Å². The Labute approximate surface area is 127 Å². The molecule has 3 nitrogen and oxygen atoms in total. The number of nitrogens with two attached hydrogens (primary N) is 1. The van der Waals surface area contributed by atoms with Crippen molar-refractivity contribution in [3.63, 3.8) is 0 Å². The van der Waals surface area contributed by atoms with Crippen LogP contribution in [0.3, 0.4) is 0 Å². The summed E-state index contributed by atoms with van der Waals surface area (Å²) in [7, 11) is 0. The van der Waals surface area contributed by atoms with E-state index in [2.05, 4.69) is 4.90 Å². The Kier molecular flexibility index (Phi) is 4.29. The number of rotatable bonds is 3. The Balaban J connectivity index is 1.54. The Hall–Kier alpha value is -1.35. The smallest absolute Gasteiger partial charge is 0.226 e.